The van der Waals surface area contributed by atoms with E-state index in [1.54, 1.807) is 0 Å². The number of aryl methyl sites for hydroxylation is 1. The van der Waals surface area contributed by atoms with Crippen molar-refractivity contribution in [3.8, 4) is 0 Å². The third kappa shape index (κ3) is 3.17. The van der Waals surface area contributed by atoms with Crippen molar-refractivity contribution in [2.45, 2.75) is 33.9 Å². The van der Waals surface area contributed by atoms with E-state index in [4.69, 9.17) is 0 Å². The van der Waals surface area contributed by atoms with Gasteiger partial charge in [0.15, 0.2) is 0 Å². The van der Waals surface area contributed by atoms with Crippen LogP contribution in [-0.2, 0) is 13.1 Å². The molecule has 0 N–H and O–H groups in total. The molecule has 0 spiro atoms. The highest BCUT2D eigenvalue weighted by Gasteiger charge is 2.12. The normalized spacial score (nSPS) is 10.8. The Kier molecular flexibility index (Phi) is 4.50. The van der Waals surface area contributed by atoms with E-state index < -0.39 is 0 Å². The molecule has 0 unspecified atom stereocenters. The summed E-state index contributed by atoms with van der Waals surface area (Å²) in [5, 5.41) is 0. The van der Waals surface area contributed by atoms with Crippen LogP contribution in [0.4, 0.5) is 11.8 Å². The maximum Gasteiger partial charge on any atom is 0.226 e. The molecule has 2 heterocycles. The standard InChI is InChI=1S/C16H25N5/c1-7-21-12(2)10-14(13(21)3)11-20(6)15-8-9-17-16(18-15)19(4)5/h8-10H,7,11H2,1-6H3. The first-order chi connectivity index (χ1) is 9.93. The van der Waals surface area contributed by atoms with E-state index in [9.17, 15) is 0 Å². The quantitative estimate of drug-likeness (QED) is 0.847. The minimum atomic E-state index is 0.735. The highest BCUT2D eigenvalue weighted by molar-refractivity contribution is 5.43. The highest BCUT2D eigenvalue weighted by atomic mass is 15.3. The van der Waals surface area contributed by atoms with Gasteiger partial charge in [0.1, 0.15) is 5.82 Å². The van der Waals surface area contributed by atoms with E-state index in [-0.39, 0.29) is 0 Å². The molecule has 0 saturated carbocycles. The summed E-state index contributed by atoms with van der Waals surface area (Å²) >= 11 is 0. The average Bonchev–Trinajstić information content (AvgIpc) is 2.73. The summed E-state index contributed by atoms with van der Waals surface area (Å²) in [7, 11) is 5.97. The maximum atomic E-state index is 4.58. The molecule has 0 radical (unpaired) electrons. The zero-order chi connectivity index (χ0) is 15.6. The van der Waals surface area contributed by atoms with Gasteiger partial charge in [-0.05, 0) is 38.5 Å². The molecule has 0 aliphatic rings. The predicted molar refractivity (Wildman–Crippen MR) is 88.0 cm³/mol. The second-order valence-electron chi connectivity index (χ2n) is 5.61. The molecule has 2 rings (SSSR count). The van der Waals surface area contributed by atoms with E-state index in [0.717, 1.165) is 24.9 Å². The Morgan fingerprint density at radius 3 is 2.48 bits per heavy atom. The van der Waals surface area contributed by atoms with Crippen LogP contribution in [0, 0.1) is 13.8 Å². The third-order valence-electron chi connectivity index (χ3n) is 3.82. The van der Waals surface area contributed by atoms with Crippen LogP contribution < -0.4 is 9.80 Å². The molecule has 0 bridgehead atoms. The summed E-state index contributed by atoms with van der Waals surface area (Å²) in [6, 6.07) is 4.22. The lowest BCUT2D eigenvalue weighted by Crippen LogP contribution is -2.20. The van der Waals surface area contributed by atoms with Crippen molar-refractivity contribution in [1.82, 2.24) is 14.5 Å². The number of hydrogen-bond donors (Lipinski definition) is 0. The highest BCUT2D eigenvalue weighted by Crippen LogP contribution is 2.20. The Labute approximate surface area is 127 Å². The summed E-state index contributed by atoms with van der Waals surface area (Å²) in [6.45, 7) is 8.39. The maximum absolute atomic E-state index is 4.58. The van der Waals surface area contributed by atoms with Gasteiger partial charge in [-0.15, -0.1) is 0 Å². The van der Waals surface area contributed by atoms with E-state index in [2.05, 4.69) is 53.3 Å². The fraction of sp³-hybridized carbons (Fsp3) is 0.500. The van der Waals surface area contributed by atoms with Gasteiger partial charge in [0.05, 0.1) is 0 Å². The van der Waals surface area contributed by atoms with Crippen LogP contribution >= 0.6 is 0 Å². The Morgan fingerprint density at radius 2 is 1.90 bits per heavy atom. The van der Waals surface area contributed by atoms with Gasteiger partial charge < -0.3 is 14.4 Å². The lowest BCUT2D eigenvalue weighted by atomic mass is 10.2. The molecular weight excluding hydrogens is 262 g/mol. The number of aromatic nitrogens is 3. The van der Waals surface area contributed by atoms with Gasteiger partial charge in [-0.1, -0.05) is 0 Å². The smallest absolute Gasteiger partial charge is 0.226 e. The summed E-state index contributed by atoms with van der Waals surface area (Å²) in [6.07, 6.45) is 1.81. The Hall–Kier alpha value is -2.04. The fourth-order valence-corrected chi connectivity index (χ4v) is 2.62. The summed E-state index contributed by atoms with van der Waals surface area (Å²) in [4.78, 5) is 12.9. The van der Waals surface area contributed by atoms with Gasteiger partial charge in [0.25, 0.3) is 0 Å². The van der Waals surface area contributed by atoms with Crippen LogP contribution in [0.2, 0.25) is 0 Å². The molecule has 0 aliphatic heterocycles. The molecule has 0 amide bonds. The number of hydrogen-bond acceptors (Lipinski definition) is 4. The molecule has 0 aromatic carbocycles. The van der Waals surface area contributed by atoms with Crippen LogP contribution in [0.5, 0.6) is 0 Å². The van der Waals surface area contributed by atoms with Crippen molar-refractivity contribution in [2.24, 2.45) is 0 Å². The zero-order valence-electron chi connectivity index (χ0n) is 13.9. The summed E-state index contributed by atoms with van der Waals surface area (Å²) in [5.41, 5.74) is 4.00. The van der Waals surface area contributed by atoms with E-state index in [1.807, 2.05) is 31.3 Å². The first-order valence-electron chi connectivity index (χ1n) is 7.31. The average molecular weight is 287 g/mol. The van der Waals surface area contributed by atoms with Crippen LogP contribution in [0.1, 0.15) is 23.9 Å². The van der Waals surface area contributed by atoms with E-state index in [1.165, 1.54) is 17.0 Å². The van der Waals surface area contributed by atoms with Crippen molar-refractivity contribution in [3.63, 3.8) is 0 Å². The molecule has 114 valence electrons. The number of rotatable bonds is 5. The number of anilines is 2. The van der Waals surface area contributed by atoms with E-state index >= 15 is 0 Å². The monoisotopic (exact) mass is 287 g/mol. The molecule has 5 nitrogen and oxygen atoms in total. The second-order valence-corrected chi connectivity index (χ2v) is 5.61. The van der Waals surface area contributed by atoms with Gasteiger partial charge in [-0.3, -0.25) is 0 Å². The minimum absolute atomic E-state index is 0.735. The van der Waals surface area contributed by atoms with Gasteiger partial charge in [0, 0.05) is 51.8 Å². The van der Waals surface area contributed by atoms with Crippen molar-refractivity contribution < 1.29 is 0 Å². The Morgan fingerprint density at radius 1 is 1.19 bits per heavy atom. The summed E-state index contributed by atoms with van der Waals surface area (Å²) in [5.74, 6) is 1.67. The minimum Gasteiger partial charge on any atom is -0.355 e. The molecule has 21 heavy (non-hydrogen) atoms. The molecular formula is C16H25N5. The molecule has 2 aromatic rings. The van der Waals surface area contributed by atoms with Crippen molar-refractivity contribution in [2.75, 3.05) is 30.9 Å². The van der Waals surface area contributed by atoms with Gasteiger partial charge >= 0.3 is 0 Å². The van der Waals surface area contributed by atoms with Crippen molar-refractivity contribution in [3.05, 3.63) is 35.3 Å². The Bertz CT molecular complexity index is 615. The second kappa shape index (κ2) is 6.16. The van der Waals surface area contributed by atoms with Crippen molar-refractivity contribution in [1.29, 1.82) is 0 Å². The van der Waals surface area contributed by atoms with Gasteiger partial charge in [-0.25, -0.2) is 4.98 Å². The molecule has 0 fully saturated rings. The SMILES string of the molecule is CCn1c(C)cc(CN(C)c2ccnc(N(C)C)n2)c1C. The topological polar surface area (TPSA) is 37.2 Å². The van der Waals surface area contributed by atoms with E-state index in [0.29, 0.717) is 0 Å². The summed E-state index contributed by atoms with van der Waals surface area (Å²) < 4.78 is 2.34. The van der Waals surface area contributed by atoms with Gasteiger partial charge in [-0.2, -0.15) is 4.98 Å². The molecule has 5 heteroatoms. The lowest BCUT2D eigenvalue weighted by Gasteiger charge is -2.20. The van der Waals surface area contributed by atoms with Crippen LogP contribution in [0.25, 0.3) is 0 Å². The largest absolute Gasteiger partial charge is 0.355 e. The van der Waals surface area contributed by atoms with Crippen LogP contribution in [0.3, 0.4) is 0 Å². The predicted octanol–water partition coefficient (Wildman–Crippen LogP) is 2.62. The molecule has 0 saturated heterocycles. The van der Waals surface area contributed by atoms with Gasteiger partial charge in [0.2, 0.25) is 5.95 Å². The van der Waals surface area contributed by atoms with Crippen LogP contribution in [0.15, 0.2) is 18.3 Å². The first kappa shape index (κ1) is 15.4. The molecule has 2 aromatic heterocycles. The van der Waals surface area contributed by atoms with Crippen molar-refractivity contribution >= 4 is 11.8 Å². The third-order valence-corrected chi connectivity index (χ3v) is 3.82. The molecule has 0 aliphatic carbocycles. The lowest BCUT2D eigenvalue weighted by molar-refractivity contribution is 0.712. The number of nitrogens with zero attached hydrogens (tertiary/aromatic N) is 5. The van der Waals surface area contributed by atoms with Crippen LogP contribution in [-0.4, -0.2) is 35.7 Å². The fourth-order valence-electron chi connectivity index (χ4n) is 2.62. The first-order valence-corrected chi connectivity index (χ1v) is 7.31. The zero-order valence-corrected chi connectivity index (χ0v) is 13.9. The molecule has 0 atom stereocenters. The Balaban J connectivity index is 2.22.